The molecular formula is C45H31NOS. The van der Waals surface area contributed by atoms with Gasteiger partial charge in [-0.25, -0.2) is 0 Å². The van der Waals surface area contributed by atoms with E-state index in [9.17, 15) is 0 Å². The van der Waals surface area contributed by atoms with Crippen molar-refractivity contribution in [3.05, 3.63) is 163 Å². The molecule has 48 heavy (non-hydrogen) atoms. The van der Waals surface area contributed by atoms with Gasteiger partial charge in [0.1, 0.15) is 11.2 Å². The van der Waals surface area contributed by atoms with Crippen LogP contribution in [0.15, 0.2) is 156 Å². The minimum Gasteiger partial charge on any atom is -0.455 e. The maximum absolute atomic E-state index is 6.43. The van der Waals surface area contributed by atoms with E-state index in [4.69, 9.17) is 4.42 Å². The van der Waals surface area contributed by atoms with Crippen LogP contribution >= 0.6 is 11.3 Å². The van der Waals surface area contributed by atoms with E-state index < -0.39 is 0 Å². The van der Waals surface area contributed by atoms with Gasteiger partial charge in [0.05, 0.1) is 11.4 Å². The smallest absolute Gasteiger partial charge is 0.143 e. The number of anilines is 3. The molecule has 228 valence electrons. The number of hydrogen-bond acceptors (Lipinski definition) is 3. The molecule has 0 unspecified atom stereocenters. The molecule has 0 aliphatic heterocycles. The molecule has 0 radical (unpaired) electrons. The van der Waals surface area contributed by atoms with Crippen molar-refractivity contribution in [3.8, 4) is 22.3 Å². The fourth-order valence-corrected chi connectivity index (χ4v) is 9.16. The Morgan fingerprint density at radius 2 is 1.17 bits per heavy atom. The van der Waals surface area contributed by atoms with E-state index >= 15 is 0 Å². The van der Waals surface area contributed by atoms with Crippen LogP contribution in [0, 0.1) is 0 Å². The molecule has 0 spiro atoms. The molecule has 0 fully saturated rings. The fraction of sp³-hybridized carbons (Fsp3) is 0.0667. The second-order valence-corrected chi connectivity index (χ2v) is 14.4. The summed E-state index contributed by atoms with van der Waals surface area (Å²) in [6.45, 7) is 4.71. The van der Waals surface area contributed by atoms with Gasteiger partial charge in [0.2, 0.25) is 0 Å². The summed E-state index contributed by atoms with van der Waals surface area (Å²) in [5.74, 6) is 0. The molecule has 0 amide bonds. The predicted octanol–water partition coefficient (Wildman–Crippen LogP) is 13.4. The first-order valence-electron chi connectivity index (χ1n) is 16.5. The van der Waals surface area contributed by atoms with Crippen LogP contribution in [0.2, 0.25) is 0 Å². The van der Waals surface area contributed by atoms with Crippen molar-refractivity contribution in [2.75, 3.05) is 4.90 Å². The van der Waals surface area contributed by atoms with Crippen LogP contribution in [-0.2, 0) is 5.41 Å². The van der Waals surface area contributed by atoms with Gasteiger partial charge >= 0.3 is 0 Å². The third-order valence-corrected chi connectivity index (χ3v) is 11.4. The van der Waals surface area contributed by atoms with Gasteiger partial charge in [-0.15, -0.1) is 11.3 Å². The maximum atomic E-state index is 6.43. The lowest BCUT2D eigenvalue weighted by Crippen LogP contribution is -2.16. The zero-order chi connectivity index (χ0) is 32.0. The van der Waals surface area contributed by atoms with Gasteiger partial charge in [0, 0.05) is 53.2 Å². The lowest BCUT2D eigenvalue weighted by molar-refractivity contribution is 0.660. The summed E-state index contributed by atoms with van der Waals surface area (Å²) in [7, 11) is 0. The molecule has 9 aromatic rings. The SMILES string of the molecule is CC1(C)c2ccccc2-c2c(N(c3ccc(-c4cccc5c4oc4ccccc45)cc3)c3cccc4sc5ccccc5c34)cccc21. The number of fused-ring (bicyclic) bond motifs is 9. The van der Waals surface area contributed by atoms with Crippen molar-refractivity contribution < 1.29 is 4.42 Å². The van der Waals surface area contributed by atoms with Crippen molar-refractivity contribution in [1.29, 1.82) is 0 Å². The Morgan fingerprint density at radius 3 is 2.06 bits per heavy atom. The molecule has 0 atom stereocenters. The first-order valence-corrected chi connectivity index (χ1v) is 17.3. The molecule has 2 aromatic heterocycles. The largest absolute Gasteiger partial charge is 0.455 e. The van der Waals surface area contributed by atoms with Crippen LogP contribution in [0.3, 0.4) is 0 Å². The molecule has 1 aliphatic carbocycles. The fourth-order valence-electron chi connectivity index (χ4n) is 8.04. The summed E-state index contributed by atoms with van der Waals surface area (Å²) < 4.78 is 9.02. The van der Waals surface area contributed by atoms with Gasteiger partial charge in [-0.2, -0.15) is 0 Å². The summed E-state index contributed by atoms with van der Waals surface area (Å²) in [5, 5.41) is 4.87. The van der Waals surface area contributed by atoms with E-state index in [1.165, 1.54) is 53.8 Å². The maximum Gasteiger partial charge on any atom is 0.143 e. The minimum atomic E-state index is -0.0934. The summed E-state index contributed by atoms with van der Waals surface area (Å²) in [6.07, 6.45) is 0. The molecule has 7 aromatic carbocycles. The summed E-state index contributed by atoms with van der Waals surface area (Å²) in [5.41, 5.74) is 12.8. The summed E-state index contributed by atoms with van der Waals surface area (Å²) >= 11 is 1.86. The number of hydrogen-bond donors (Lipinski definition) is 0. The van der Waals surface area contributed by atoms with E-state index in [0.29, 0.717) is 0 Å². The molecular weight excluding hydrogens is 603 g/mol. The highest BCUT2D eigenvalue weighted by atomic mass is 32.1. The molecule has 0 saturated carbocycles. The van der Waals surface area contributed by atoms with Crippen molar-refractivity contribution in [1.82, 2.24) is 0 Å². The Bertz CT molecular complexity index is 2710. The molecule has 0 N–H and O–H groups in total. The van der Waals surface area contributed by atoms with Gasteiger partial charge in [0.15, 0.2) is 0 Å². The normalized spacial score (nSPS) is 13.4. The lowest BCUT2D eigenvalue weighted by atomic mass is 9.82. The standard InChI is InChI=1S/C45H31NOS/c1-45(2)35-17-6-3-13-33(35)42-36(45)18-10-19-37(42)46(38-20-11-23-41-43(38)34-14-5-8-22-40(34)48-41)29-26-24-28(25-27-29)30-15-9-16-32-31-12-4-7-21-39(31)47-44(30)32/h3-27H,1-2H3. The molecule has 10 rings (SSSR count). The van der Waals surface area contributed by atoms with Gasteiger partial charge in [0.25, 0.3) is 0 Å². The van der Waals surface area contributed by atoms with E-state index in [-0.39, 0.29) is 5.41 Å². The number of nitrogens with zero attached hydrogens (tertiary/aromatic N) is 1. The average Bonchev–Trinajstić information content (AvgIpc) is 3.77. The van der Waals surface area contributed by atoms with Crippen LogP contribution in [0.5, 0.6) is 0 Å². The second kappa shape index (κ2) is 10.2. The van der Waals surface area contributed by atoms with Crippen molar-refractivity contribution >= 4 is 70.5 Å². The van der Waals surface area contributed by atoms with Crippen molar-refractivity contribution in [3.63, 3.8) is 0 Å². The molecule has 2 heterocycles. The molecule has 0 saturated heterocycles. The van der Waals surface area contributed by atoms with Gasteiger partial charge in [-0.05, 0) is 64.7 Å². The predicted molar refractivity (Wildman–Crippen MR) is 204 cm³/mol. The Morgan fingerprint density at radius 1 is 0.521 bits per heavy atom. The molecule has 3 heteroatoms. The molecule has 2 nitrogen and oxygen atoms in total. The Hall–Kier alpha value is -5.64. The van der Waals surface area contributed by atoms with E-state index in [2.05, 4.69) is 158 Å². The third-order valence-electron chi connectivity index (χ3n) is 10.3. The van der Waals surface area contributed by atoms with Gasteiger partial charge < -0.3 is 9.32 Å². The summed E-state index contributed by atoms with van der Waals surface area (Å²) in [6, 6.07) is 55.1. The van der Waals surface area contributed by atoms with Gasteiger partial charge in [-0.3, -0.25) is 0 Å². The minimum absolute atomic E-state index is 0.0934. The van der Waals surface area contributed by atoms with Crippen molar-refractivity contribution in [2.45, 2.75) is 19.3 Å². The number of rotatable bonds is 4. The highest BCUT2D eigenvalue weighted by molar-refractivity contribution is 7.26. The zero-order valence-corrected chi connectivity index (χ0v) is 27.5. The van der Waals surface area contributed by atoms with Crippen LogP contribution in [0.1, 0.15) is 25.0 Å². The number of furan rings is 1. The lowest BCUT2D eigenvalue weighted by Gasteiger charge is -2.29. The van der Waals surface area contributed by atoms with Crippen molar-refractivity contribution in [2.24, 2.45) is 0 Å². The number of benzene rings is 7. The monoisotopic (exact) mass is 633 g/mol. The first-order chi connectivity index (χ1) is 23.6. The molecule has 1 aliphatic rings. The quantitative estimate of drug-likeness (QED) is 0.192. The molecule has 0 bridgehead atoms. The average molecular weight is 634 g/mol. The first kappa shape index (κ1) is 27.5. The Balaban J connectivity index is 1.22. The third kappa shape index (κ3) is 3.85. The van der Waals surface area contributed by atoms with Crippen LogP contribution in [0.4, 0.5) is 17.1 Å². The Labute approximate surface area is 283 Å². The van der Waals surface area contributed by atoms with Gasteiger partial charge in [-0.1, -0.05) is 123 Å². The second-order valence-electron chi connectivity index (χ2n) is 13.3. The van der Waals surface area contributed by atoms with Crippen LogP contribution in [-0.4, -0.2) is 0 Å². The summed E-state index contributed by atoms with van der Waals surface area (Å²) in [4.78, 5) is 2.49. The number of para-hydroxylation sites is 2. The topological polar surface area (TPSA) is 16.4 Å². The number of thiophene rings is 1. The van der Waals surface area contributed by atoms with E-state index in [1.54, 1.807) is 0 Å². The highest BCUT2D eigenvalue weighted by Gasteiger charge is 2.38. The van der Waals surface area contributed by atoms with E-state index in [1.807, 2.05) is 23.5 Å². The van der Waals surface area contributed by atoms with Crippen LogP contribution in [0.25, 0.3) is 64.4 Å². The van der Waals surface area contributed by atoms with E-state index in [0.717, 1.165) is 38.8 Å². The van der Waals surface area contributed by atoms with Crippen LogP contribution < -0.4 is 4.90 Å². The zero-order valence-electron chi connectivity index (χ0n) is 26.7. The Kier molecular flexibility index (Phi) is 5.82. The highest BCUT2D eigenvalue weighted by Crippen LogP contribution is 2.55.